The van der Waals surface area contributed by atoms with Crippen molar-refractivity contribution in [3.63, 3.8) is 0 Å². The molecule has 0 bridgehead atoms. The van der Waals surface area contributed by atoms with Crippen LogP contribution in [0.3, 0.4) is 0 Å². The van der Waals surface area contributed by atoms with Crippen LogP contribution in [0.4, 0.5) is 5.82 Å². The molecule has 0 saturated carbocycles. The van der Waals surface area contributed by atoms with E-state index in [0.29, 0.717) is 31.8 Å². The number of hydrogen-bond acceptors (Lipinski definition) is 5. The number of carbonyl (C=O) groups excluding carboxylic acids is 1. The van der Waals surface area contributed by atoms with Crippen LogP contribution in [-0.4, -0.2) is 36.5 Å². The average molecular weight is 330 g/mol. The van der Waals surface area contributed by atoms with Gasteiger partial charge in [0.05, 0.1) is 20.3 Å². The molecule has 1 aromatic carbocycles. The Labute approximate surface area is 140 Å². The van der Waals surface area contributed by atoms with Gasteiger partial charge in [0.1, 0.15) is 11.3 Å². The Kier molecular flexibility index (Phi) is 4.55. The number of nitrogens with one attached hydrogen (secondary N) is 1. The van der Waals surface area contributed by atoms with E-state index in [-0.39, 0.29) is 5.91 Å². The van der Waals surface area contributed by atoms with E-state index in [2.05, 4.69) is 10.4 Å². The number of benzene rings is 1. The van der Waals surface area contributed by atoms with E-state index in [1.54, 1.807) is 31.2 Å². The van der Waals surface area contributed by atoms with E-state index >= 15 is 0 Å². The summed E-state index contributed by atoms with van der Waals surface area (Å²) in [5.41, 5.74) is 7.20. The molecule has 0 aliphatic heterocycles. The van der Waals surface area contributed by atoms with Crippen molar-refractivity contribution in [2.24, 2.45) is 5.73 Å². The van der Waals surface area contributed by atoms with Crippen molar-refractivity contribution >= 4 is 11.7 Å². The Balaban J connectivity index is 1.78. The number of methoxy groups -OCH3 is 2. The van der Waals surface area contributed by atoms with Gasteiger partial charge in [-0.3, -0.25) is 9.48 Å². The number of aromatic nitrogens is 2. The van der Waals surface area contributed by atoms with E-state index in [4.69, 9.17) is 15.2 Å². The van der Waals surface area contributed by atoms with Crippen LogP contribution < -0.4 is 15.8 Å². The molecule has 1 atom stereocenters. The van der Waals surface area contributed by atoms with Crippen molar-refractivity contribution < 1.29 is 14.3 Å². The summed E-state index contributed by atoms with van der Waals surface area (Å²) in [7, 11) is 3.26. The minimum atomic E-state index is -1.07. The molecule has 1 aliphatic carbocycles. The summed E-state index contributed by atoms with van der Waals surface area (Å²) in [6.07, 6.45) is 3.05. The van der Waals surface area contributed by atoms with Gasteiger partial charge >= 0.3 is 0 Å². The van der Waals surface area contributed by atoms with Crippen LogP contribution in [0.2, 0.25) is 0 Å². The van der Waals surface area contributed by atoms with Gasteiger partial charge in [-0.2, -0.15) is 5.10 Å². The number of ether oxygens (including phenoxy) is 2. The molecule has 7 heteroatoms. The second kappa shape index (κ2) is 6.62. The van der Waals surface area contributed by atoms with E-state index < -0.39 is 5.54 Å². The van der Waals surface area contributed by atoms with Crippen LogP contribution in [0, 0.1) is 0 Å². The highest BCUT2D eigenvalue weighted by Crippen LogP contribution is 2.40. The van der Waals surface area contributed by atoms with Gasteiger partial charge < -0.3 is 20.5 Å². The Morgan fingerprint density at radius 1 is 1.42 bits per heavy atom. The number of anilines is 1. The molecule has 3 N–H and O–H groups in total. The summed E-state index contributed by atoms with van der Waals surface area (Å²) < 4.78 is 12.1. The van der Waals surface area contributed by atoms with Crippen LogP contribution in [0.25, 0.3) is 0 Å². The highest BCUT2D eigenvalue weighted by atomic mass is 16.5. The molecule has 1 unspecified atom stereocenters. The SMILES string of the molecule is COCCn1ccc(NC(=O)C2(N)CCc3c(OC)cccc32)n1. The molecule has 1 amide bonds. The summed E-state index contributed by atoms with van der Waals surface area (Å²) in [4.78, 5) is 12.8. The molecule has 0 spiro atoms. The molecular weight excluding hydrogens is 308 g/mol. The van der Waals surface area contributed by atoms with Crippen LogP contribution in [0.1, 0.15) is 17.5 Å². The lowest BCUT2D eigenvalue weighted by Crippen LogP contribution is -2.46. The number of fused-ring (bicyclic) bond motifs is 1. The fraction of sp³-hybridized carbons (Fsp3) is 0.412. The largest absolute Gasteiger partial charge is 0.496 e. The molecule has 3 rings (SSSR count). The van der Waals surface area contributed by atoms with Crippen molar-refractivity contribution in [3.05, 3.63) is 41.6 Å². The number of rotatable bonds is 6. The first-order valence-corrected chi connectivity index (χ1v) is 7.87. The third-order valence-corrected chi connectivity index (χ3v) is 4.41. The number of amides is 1. The summed E-state index contributed by atoms with van der Waals surface area (Å²) >= 11 is 0. The molecule has 2 aromatic rings. The number of nitrogens with two attached hydrogens (primary N) is 1. The maximum Gasteiger partial charge on any atom is 0.250 e. The second-order valence-corrected chi connectivity index (χ2v) is 5.87. The third-order valence-electron chi connectivity index (χ3n) is 4.41. The lowest BCUT2D eigenvalue weighted by Gasteiger charge is -2.23. The van der Waals surface area contributed by atoms with Crippen molar-refractivity contribution in [3.8, 4) is 5.75 Å². The summed E-state index contributed by atoms with van der Waals surface area (Å²) in [5, 5.41) is 7.13. The van der Waals surface area contributed by atoms with Gasteiger partial charge in [-0.1, -0.05) is 12.1 Å². The Bertz CT molecular complexity index is 743. The molecule has 1 aromatic heterocycles. The normalized spacial score (nSPS) is 19.1. The van der Waals surface area contributed by atoms with Gasteiger partial charge in [0.2, 0.25) is 5.91 Å². The minimum Gasteiger partial charge on any atom is -0.496 e. The standard InChI is InChI=1S/C17H22N4O3/c1-23-11-10-21-9-7-15(20-21)19-16(22)17(18)8-6-12-13(17)4-3-5-14(12)24-2/h3-5,7,9H,6,8,10-11,18H2,1-2H3,(H,19,20,22). The third kappa shape index (κ3) is 2.88. The topological polar surface area (TPSA) is 91.4 Å². The van der Waals surface area contributed by atoms with Crippen molar-refractivity contribution in [2.45, 2.75) is 24.9 Å². The quantitative estimate of drug-likeness (QED) is 0.832. The van der Waals surface area contributed by atoms with Crippen LogP contribution >= 0.6 is 0 Å². The summed E-state index contributed by atoms with van der Waals surface area (Å²) in [5.74, 6) is 1.00. The predicted octanol–water partition coefficient (Wildman–Crippen LogP) is 1.28. The van der Waals surface area contributed by atoms with Gasteiger partial charge in [-0.15, -0.1) is 0 Å². The number of carbonyl (C=O) groups is 1. The maximum absolute atomic E-state index is 12.8. The number of hydrogen-bond donors (Lipinski definition) is 2. The molecule has 0 saturated heterocycles. The van der Waals surface area contributed by atoms with Gasteiger partial charge in [0.25, 0.3) is 0 Å². The van der Waals surface area contributed by atoms with Crippen molar-refractivity contribution in [2.75, 3.05) is 26.1 Å². The lowest BCUT2D eigenvalue weighted by atomic mass is 9.92. The minimum absolute atomic E-state index is 0.258. The zero-order valence-electron chi connectivity index (χ0n) is 13.9. The molecule has 24 heavy (non-hydrogen) atoms. The van der Waals surface area contributed by atoms with Crippen molar-refractivity contribution in [1.29, 1.82) is 0 Å². The molecule has 0 radical (unpaired) electrons. The molecule has 1 aliphatic rings. The molecule has 128 valence electrons. The summed E-state index contributed by atoms with van der Waals surface area (Å²) in [6.45, 7) is 1.18. The zero-order chi connectivity index (χ0) is 17.2. The fourth-order valence-electron chi connectivity index (χ4n) is 3.09. The van der Waals surface area contributed by atoms with Crippen molar-refractivity contribution in [1.82, 2.24) is 9.78 Å². The second-order valence-electron chi connectivity index (χ2n) is 5.87. The lowest BCUT2D eigenvalue weighted by molar-refractivity contribution is -0.121. The first kappa shape index (κ1) is 16.5. The zero-order valence-corrected chi connectivity index (χ0v) is 13.9. The van der Waals surface area contributed by atoms with E-state index in [1.165, 1.54) is 0 Å². The van der Waals surface area contributed by atoms with Gasteiger partial charge in [0.15, 0.2) is 5.82 Å². The Hall–Kier alpha value is -2.38. The predicted molar refractivity (Wildman–Crippen MR) is 89.9 cm³/mol. The highest BCUT2D eigenvalue weighted by Gasteiger charge is 2.43. The average Bonchev–Trinajstić information content (AvgIpc) is 3.18. The molecule has 1 heterocycles. The fourth-order valence-corrected chi connectivity index (χ4v) is 3.09. The van der Waals surface area contributed by atoms with Gasteiger partial charge in [-0.25, -0.2) is 0 Å². The Morgan fingerprint density at radius 2 is 2.25 bits per heavy atom. The van der Waals surface area contributed by atoms with Gasteiger partial charge in [0, 0.05) is 19.4 Å². The number of nitrogens with zero attached hydrogens (tertiary/aromatic N) is 2. The summed E-state index contributed by atoms with van der Waals surface area (Å²) in [6, 6.07) is 7.39. The van der Waals surface area contributed by atoms with Crippen LogP contribution in [0.15, 0.2) is 30.5 Å². The first-order chi connectivity index (χ1) is 11.6. The van der Waals surface area contributed by atoms with E-state index in [1.807, 2.05) is 18.2 Å². The van der Waals surface area contributed by atoms with E-state index in [9.17, 15) is 4.79 Å². The monoisotopic (exact) mass is 330 g/mol. The molecule has 0 fully saturated rings. The van der Waals surface area contributed by atoms with Gasteiger partial charge in [-0.05, 0) is 30.0 Å². The first-order valence-electron chi connectivity index (χ1n) is 7.87. The Morgan fingerprint density at radius 3 is 3.00 bits per heavy atom. The highest BCUT2D eigenvalue weighted by molar-refractivity contribution is 5.99. The van der Waals surface area contributed by atoms with Crippen LogP contribution in [0.5, 0.6) is 5.75 Å². The maximum atomic E-state index is 12.8. The van der Waals surface area contributed by atoms with Crippen LogP contribution in [-0.2, 0) is 28.0 Å². The smallest absolute Gasteiger partial charge is 0.250 e. The van der Waals surface area contributed by atoms with E-state index in [0.717, 1.165) is 16.9 Å². The molecular formula is C17H22N4O3. The molecule has 7 nitrogen and oxygen atoms in total.